The number of benzene rings is 1. The topological polar surface area (TPSA) is 103 Å². The summed E-state index contributed by atoms with van der Waals surface area (Å²) in [5.74, 6) is 0.721. The van der Waals surface area contributed by atoms with Crippen molar-refractivity contribution in [3.63, 3.8) is 0 Å². The summed E-state index contributed by atoms with van der Waals surface area (Å²) in [5, 5.41) is 21.6. The van der Waals surface area contributed by atoms with E-state index >= 15 is 0 Å². The molecule has 0 spiro atoms. The molecule has 2 amide bonds. The molecule has 0 radical (unpaired) electrons. The fourth-order valence-corrected chi connectivity index (χ4v) is 2.48. The van der Waals surface area contributed by atoms with Gasteiger partial charge < -0.3 is 10.6 Å². The predicted molar refractivity (Wildman–Crippen MR) is 92.3 cm³/mol. The monoisotopic (exact) mass is 340 g/mol. The SMILES string of the molecule is CCc1nnnn1-c1ccccc1NC(=O)N[C@@H](C)c1cnn(C)c1. The van der Waals surface area contributed by atoms with Crippen LogP contribution in [0.1, 0.15) is 31.3 Å². The minimum atomic E-state index is -0.310. The molecule has 0 aliphatic rings. The Morgan fingerprint density at radius 1 is 1.32 bits per heavy atom. The molecule has 0 fully saturated rings. The number of anilines is 1. The first kappa shape index (κ1) is 16.6. The summed E-state index contributed by atoms with van der Waals surface area (Å²) < 4.78 is 3.32. The van der Waals surface area contributed by atoms with Gasteiger partial charge in [-0.25, -0.2) is 4.79 Å². The van der Waals surface area contributed by atoms with Crippen LogP contribution in [0.25, 0.3) is 5.69 Å². The highest BCUT2D eigenvalue weighted by Crippen LogP contribution is 2.20. The minimum absolute atomic E-state index is 0.167. The quantitative estimate of drug-likeness (QED) is 0.738. The Morgan fingerprint density at radius 3 is 2.84 bits per heavy atom. The number of nitrogens with zero attached hydrogens (tertiary/aromatic N) is 6. The molecule has 2 heterocycles. The van der Waals surface area contributed by atoms with Crippen molar-refractivity contribution >= 4 is 11.7 Å². The van der Waals surface area contributed by atoms with Gasteiger partial charge in [0.2, 0.25) is 0 Å². The molecule has 0 aliphatic carbocycles. The normalized spacial score (nSPS) is 12.0. The third-order valence-corrected chi connectivity index (χ3v) is 3.80. The number of carbonyl (C=O) groups is 1. The molecule has 0 unspecified atom stereocenters. The van der Waals surface area contributed by atoms with E-state index in [1.165, 1.54) is 0 Å². The van der Waals surface area contributed by atoms with E-state index in [1.807, 2.05) is 51.4 Å². The second-order valence-corrected chi connectivity index (χ2v) is 5.65. The Balaban J connectivity index is 1.76. The Labute approximate surface area is 145 Å². The first-order chi connectivity index (χ1) is 12.1. The van der Waals surface area contributed by atoms with Gasteiger partial charge in [0.1, 0.15) is 0 Å². The lowest BCUT2D eigenvalue weighted by Crippen LogP contribution is -2.31. The van der Waals surface area contributed by atoms with Gasteiger partial charge in [0.05, 0.1) is 23.6 Å². The maximum atomic E-state index is 12.4. The summed E-state index contributed by atoms with van der Waals surface area (Å²) >= 11 is 0. The number of aromatic nitrogens is 6. The molecule has 3 aromatic rings. The van der Waals surface area contributed by atoms with Crippen LogP contribution in [0.15, 0.2) is 36.7 Å². The lowest BCUT2D eigenvalue weighted by atomic mass is 10.2. The molecule has 0 saturated heterocycles. The van der Waals surface area contributed by atoms with Crippen LogP contribution in [-0.2, 0) is 13.5 Å². The van der Waals surface area contributed by atoms with Crippen LogP contribution in [-0.4, -0.2) is 36.0 Å². The van der Waals surface area contributed by atoms with Gasteiger partial charge in [0.25, 0.3) is 0 Å². The van der Waals surface area contributed by atoms with Gasteiger partial charge in [0.15, 0.2) is 5.82 Å². The van der Waals surface area contributed by atoms with Gasteiger partial charge in [0, 0.05) is 25.2 Å². The Bertz CT molecular complexity index is 868. The number of aryl methyl sites for hydroxylation is 2. The van der Waals surface area contributed by atoms with Gasteiger partial charge in [-0.2, -0.15) is 9.78 Å². The zero-order valence-corrected chi connectivity index (χ0v) is 14.3. The fraction of sp³-hybridized carbons (Fsp3) is 0.312. The molecule has 9 nitrogen and oxygen atoms in total. The molecule has 2 aromatic heterocycles. The number of rotatable bonds is 5. The molecule has 2 N–H and O–H groups in total. The summed E-state index contributed by atoms with van der Waals surface area (Å²) in [5.41, 5.74) is 2.27. The summed E-state index contributed by atoms with van der Waals surface area (Å²) in [6.07, 6.45) is 4.28. The molecule has 0 saturated carbocycles. The molecule has 130 valence electrons. The Kier molecular flexibility index (Phi) is 4.73. The summed E-state index contributed by atoms with van der Waals surface area (Å²) in [6.45, 7) is 3.87. The average molecular weight is 340 g/mol. The largest absolute Gasteiger partial charge is 0.331 e. The van der Waals surface area contributed by atoms with Crippen LogP contribution in [0, 0.1) is 0 Å². The first-order valence-electron chi connectivity index (χ1n) is 8.01. The van der Waals surface area contributed by atoms with Crippen molar-refractivity contribution in [1.82, 2.24) is 35.3 Å². The number of carbonyl (C=O) groups excluding carboxylic acids is 1. The van der Waals surface area contributed by atoms with Crippen molar-refractivity contribution < 1.29 is 4.79 Å². The van der Waals surface area contributed by atoms with Crippen molar-refractivity contribution in [3.05, 3.63) is 48.0 Å². The van der Waals surface area contributed by atoms with Crippen molar-refractivity contribution in [2.45, 2.75) is 26.3 Å². The van der Waals surface area contributed by atoms with E-state index in [4.69, 9.17) is 0 Å². The highest BCUT2D eigenvalue weighted by atomic mass is 16.2. The van der Waals surface area contributed by atoms with E-state index in [-0.39, 0.29) is 12.1 Å². The van der Waals surface area contributed by atoms with Gasteiger partial charge in [-0.05, 0) is 29.5 Å². The summed E-state index contributed by atoms with van der Waals surface area (Å²) in [7, 11) is 1.84. The predicted octanol–water partition coefficient (Wildman–Crippen LogP) is 1.84. The molecule has 1 aromatic carbocycles. The third kappa shape index (κ3) is 3.65. The number of amides is 2. The second kappa shape index (κ2) is 7.12. The highest BCUT2D eigenvalue weighted by molar-refractivity contribution is 5.91. The number of hydrogen-bond acceptors (Lipinski definition) is 5. The van der Waals surface area contributed by atoms with Crippen LogP contribution in [0.5, 0.6) is 0 Å². The molecule has 0 aliphatic heterocycles. The molecule has 1 atom stereocenters. The van der Waals surface area contributed by atoms with E-state index in [9.17, 15) is 4.79 Å². The fourth-order valence-electron chi connectivity index (χ4n) is 2.48. The standard InChI is InChI=1S/C16H20N8O/c1-4-15-20-21-22-24(15)14-8-6-5-7-13(14)19-16(25)18-11(2)12-9-17-23(3)10-12/h5-11H,4H2,1-3H3,(H2,18,19,25)/t11-/m0/s1. The number of nitrogens with one attached hydrogen (secondary N) is 2. The maximum absolute atomic E-state index is 12.4. The van der Waals surface area contributed by atoms with Crippen LogP contribution in [0.4, 0.5) is 10.5 Å². The lowest BCUT2D eigenvalue weighted by molar-refractivity contribution is 0.249. The van der Waals surface area contributed by atoms with E-state index in [1.54, 1.807) is 15.6 Å². The van der Waals surface area contributed by atoms with Gasteiger partial charge in [-0.3, -0.25) is 4.68 Å². The molecule has 3 rings (SSSR count). The van der Waals surface area contributed by atoms with Gasteiger partial charge >= 0.3 is 6.03 Å². The summed E-state index contributed by atoms with van der Waals surface area (Å²) in [6, 6.07) is 6.91. The van der Waals surface area contributed by atoms with Gasteiger partial charge in [-0.1, -0.05) is 19.1 Å². The molecular weight excluding hydrogens is 320 g/mol. The van der Waals surface area contributed by atoms with Crippen molar-refractivity contribution in [1.29, 1.82) is 0 Å². The number of para-hydroxylation sites is 2. The zero-order chi connectivity index (χ0) is 17.8. The van der Waals surface area contributed by atoms with E-state index in [0.717, 1.165) is 11.4 Å². The second-order valence-electron chi connectivity index (χ2n) is 5.65. The van der Waals surface area contributed by atoms with Crippen molar-refractivity contribution in [2.75, 3.05) is 5.32 Å². The smallest absolute Gasteiger partial charge is 0.319 e. The Hall–Kier alpha value is -3.23. The lowest BCUT2D eigenvalue weighted by Gasteiger charge is -2.15. The van der Waals surface area contributed by atoms with Crippen LogP contribution >= 0.6 is 0 Å². The van der Waals surface area contributed by atoms with E-state index in [2.05, 4.69) is 31.3 Å². The third-order valence-electron chi connectivity index (χ3n) is 3.80. The van der Waals surface area contributed by atoms with E-state index < -0.39 is 0 Å². The van der Waals surface area contributed by atoms with Crippen LogP contribution < -0.4 is 10.6 Å². The number of hydrogen-bond donors (Lipinski definition) is 2. The van der Waals surface area contributed by atoms with Crippen molar-refractivity contribution in [2.24, 2.45) is 7.05 Å². The minimum Gasteiger partial charge on any atom is -0.331 e. The van der Waals surface area contributed by atoms with Crippen LogP contribution in [0.2, 0.25) is 0 Å². The van der Waals surface area contributed by atoms with E-state index in [0.29, 0.717) is 17.8 Å². The maximum Gasteiger partial charge on any atom is 0.319 e. The van der Waals surface area contributed by atoms with Crippen LogP contribution in [0.3, 0.4) is 0 Å². The average Bonchev–Trinajstić information content (AvgIpc) is 3.23. The molecule has 25 heavy (non-hydrogen) atoms. The molecule has 9 heteroatoms. The molecular formula is C16H20N8O. The molecule has 0 bridgehead atoms. The number of urea groups is 1. The van der Waals surface area contributed by atoms with Gasteiger partial charge in [-0.15, -0.1) is 5.10 Å². The Morgan fingerprint density at radius 2 is 2.12 bits per heavy atom. The highest BCUT2D eigenvalue weighted by Gasteiger charge is 2.15. The zero-order valence-electron chi connectivity index (χ0n) is 14.3. The first-order valence-corrected chi connectivity index (χ1v) is 8.01. The number of tetrazole rings is 1. The summed E-state index contributed by atoms with van der Waals surface area (Å²) in [4.78, 5) is 12.4. The van der Waals surface area contributed by atoms with Crippen molar-refractivity contribution in [3.8, 4) is 5.69 Å².